The first-order valence-corrected chi connectivity index (χ1v) is 8.44. The van der Waals surface area contributed by atoms with Crippen molar-refractivity contribution in [2.75, 3.05) is 0 Å². The van der Waals surface area contributed by atoms with Crippen LogP contribution in [0.15, 0.2) is 66.7 Å². The summed E-state index contributed by atoms with van der Waals surface area (Å²) in [7, 11) is 0. The van der Waals surface area contributed by atoms with Gasteiger partial charge in [-0.15, -0.1) is 0 Å². The molecule has 0 aliphatic rings. The van der Waals surface area contributed by atoms with E-state index in [1.807, 2.05) is 6.07 Å². The van der Waals surface area contributed by atoms with Crippen LogP contribution in [-0.4, -0.2) is 10.8 Å². The molecule has 6 heteroatoms. The van der Waals surface area contributed by atoms with E-state index >= 15 is 0 Å². The van der Waals surface area contributed by atoms with E-state index in [2.05, 4.69) is 0 Å². The predicted octanol–water partition coefficient (Wildman–Crippen LogP) is 4.82. The van der Waals surface area contributed by atoms with E-state index in [0.717, 1.165) is 12.1 Å². The molecule has 3 aromatic rings. The van der Waals surface area contributed by atoms with E-state index in [1.54, 1.807) is 30.3 Å². The SMILES string of the molecule is N#Cc1ccc(CN(Cc2cccc(F)c2)C(=O)c2ccc(F)cc2F)cc1. The monoisotopic (exact) mass is 380 g/mol. The van der Waals surface area contributed by atoms with E-state index in [0.29, 0.717) is 22.8 Å². The summed E-state index contributed by atoms with van der Waals surface area (Å²) in [5.41, 5.74) is 1.44. The largest absolute Gasteiger partial charge is 0.330 e. The lowest BCUT2D eigenvalue weighted by Crippen LogP contribution is -2.31. The van der Waals surface area contributed by atoms with Gasteiger partial charge in [0.25, 0.3) is 5.91 Å². The van der Waals surface area contributed by atoms with Gasteiger partial charge in [-0.05, 0) is 47.5 Å². The van der Waals surface area contributed by atoms with Crippen LogP contribution in [0.4, 0.5) is 13.2 Å². The first-order chi connectivity index (χ1) is 13.5. The summed E-state index contributed by atoms with van der Waals surface area (Å²) in [4.78, 5) is 14.3. The van der Waals surface area contributed by atoms with Crippen molar-refractivity contribution in [3.8, 4) is 6.07 Å². The zero-order valence-electron chi connectivity index (χ0n) is 14.7. The average molecular weight is 380 g/mol. The van der Waals surface area contributed by atoms with Crippen LogP contribution in [0.25, 0.3) is 0 Å². The van der Waals surface area contributed by atoms with Crippen molar-refractivity contribution in [1.82, 2.24) is 4.90 Å². The molecular formula is C22H15F3N2O. The Labute approximate surface area is 160 Å². The van der Waals surface area contributed by atoms with Crippen LogP contribution in [0.5, 0.6) is 0 Å². The molecular weight excluding hydrogens is 365 g/mol. The molecule has 0 aliphatic carbocycles. The molecule has 0 spiro atoms. The van der Waals surface area contributed by atoms with E-state index in [-0.39, 0.29) is 18.7 Å². The number of rotatable bonds is 5. The number of nitriles is 1. The van der Waals surface area contributed by atoms with Gasteiger partial charge in [-0.1, -0.05) is 24.3 Å². The summed E-state index contributed by atoms with van der Waals surface area (Å²) in [6.45, 7) is 0.144. The lowest BCUT2D eigenvalue weighted by molar-refractivity contribution is 0.0725. The van der Waals surface area contributed by atoms with E-state index < -0.39 is 23.4 Å². The van der Waals surface area contributed by atoms with Crippen LogP contribution in [0.1, 0.15) is 27.0 Å². The van der Waals surface area contributed by atoms with Crippen LogP contribution in [-0.2, 0) is 13.1 Å². The summed E-state index contributed by atoms with van der Waals surface area (Å²) in [6.07, 6.45) is 0. The summed E-state index contributed by atoms with van der Waals surface area (Å²) in [5, 5.41) is 8.90. The highest BCUT2D eigenvalue weighted by Crippen LogP contribution is 2.18. The highest BCUT2D eigenvalue weighted by Gasteiger charge is 2.20. The van der Waals surface area contributed by atoms with Crippen LogP contribution in [0.3, 0.4) is 0 Å². The molecule has 0 atom stereocenters. The molecule has 0 bridgehead atoms. The fourth-order valence-electron chi connectivity index (χ4n) is 2.79. The molecule has 3 aromatic carbocycles. The minimum Gasteiger partial charge on any atom is -0.330 e. The Morgan fingerprint density at radius 2 is 1.54 bits per heavy atom. The van der Waals surface area contributed by atoms with Crippen LogP contribution >= 0.6 is 0 Å². The number of amides is 1. The topological polar surface area (TPSA) is 44.1 Å². The maximum atomic E-state index is 14.1. The maximum absolute atomic E-state index is 14.1. The van der Waals surface area contributed by atoms with Crippen molar-refractivity contribution in [1.29, 1.82) is 5.26 Å². The third-order valence-corrected chi connectivity index (χ3v) is 4.17. The first-order valence-electron chi connectivity index (χ1n) is 8.44. The van der Waals surface area contributed by atoms with Gasteiger partial charge in [-0.3, -0.25) is 4.79 Å². The highest BCUT2D eigenvalue weighted by atomic mass is 19.1. The average Bonchev–Trinajstić information content (AvgIpc) is 2.67. The van der Waals surface area contributed by atoms with Crippen molar-refractivity contribution in [2.45, 2.75) is 13.1 Å². The van der Waals surface area contributed by atoms with Crippen molar-refractivity contribution in [3.05, 3.63) is 106 Å². The van der Waals surface area contributed by atoms with Gasteiger partial charge in [-0.2, -0.15) is 5.26 Å². The number of carbonyl (C=O) groups is 1. The number of hydrogen-bond donors (Lipinski definition) is 0. The summed E-state index contributed by atoms with van der Waals surface area (Å²) >= 11 is 0. The van der Waals surface area contributed by atoms with Crippen molar-refractivity contribution < 1.29 is 18.0 Å². The van der Waals surface area contributed by atoms with Crippen LogP contribution in [0, 0.1) is 28.8 Å². The molecule has 0 N–H and O–H groups in total. The number of hydrogen-bond acceptors (Lipinski definition) is 2. The fourth-order valence-corrected chi connectivity index (χ4v) is 2.79. The standard InChI is InChI=1S/C22H15F3N2O/c23-18-3-1-2-17(10-18)14-27(13-16-6-4-15(12-26)5-7-16)22(28)20-9-8-19(24)11-21(20)25/h1-11H,13-14H2. The molecule has 3 nitrogen and oxygen atoms in total. The minimum atomic E-state index is -0.964. The molecule has 0 fully saturated rings. The molecule has 0 saturated carbocycles. The van der Waals surface area contributed by atoms with Crippen molar-refractivity contribution >= 4 is 5.91 Å². The normalized spacial score (nSPS) is 10.4. The van der Waals surface area contributed by atoms with Gasteiger partial charge in [0, 0.05) is 19.2 Å². The molecule has 3 rings (SSSR count). The highest BCUT2D eigenvalue weighted by molar-refractivity contribution is 5.94. The Hall–Kier alpha value is -3.59. The third kappa shape index (κ3) is 4.57. The Kier molecular flexibility index (Phi) is 5.75. The molecule has 28 heavy (non-hydrogen) atoms. The second-order valence-electron chi connectivity index (χ2n) is 6.22. The Morgan fingerprint density at radius 1 is 0.857 bits per heavy atom. The quantitative estimate of drug-likeness (QED) is 0.637. The number of benzene rings is 3. The lowest BCUT2D eigenvalue weighted by atomic mass is 10.1. The molecule has 0 heterocycles. The zero-order valence-corrected chi connectivity index (χ0v) is 14.7. The summed E-state index contributed by atoms with van der Waals surface area (Å²) < 4.78 is 40.8. The van der Waals surface area contributed by atoms with Gasteiger partial charge in [0.15, 0.2) is 0 Å². The maximum Gasteiger partial charge on any atom is 0.257 e. The number of carbonyl (C=O) groups excluding carboxylic acids is 1. The molecule has 0 unspecified atom stereocenters. The molecule has 140 valence electrons. The number of nitrogens with zero attached hydrogens (tertiary/aromatic N) is 2. The van der Waals surface area contributed by atoms with Crippen LogP contribution < -0.4 is 0 Å². The predicted molar refractivity (Wildman–Crippen MR) is 97.5 cm³/mol. The summed E-state index contributed by atoms with van der Waals surface area (Å²) in [6, 6.07) is 17.1. The van der Waals surface area contributed by atoms with Gasteiger partial charge < -0.3 is 4.90 Å². The Balaban J connectivity index is 1.92. The van der Waals surface area contributed by atoms with Gasteiger partial charge in [0.2, 0.25) is 0 Å². The third-order valence-electron chi connectivity index (χ3n) is 4.17. The second kappa shape index (κ2) is 8.40. The zero-order chi connectivity index (χ0) is 20.1. The van der Waals surface area contributed by atoms with Gasteiger partial charge >= 0.3 is 0 Å². The smallest absolute Gasteiger partial charge is 0.257 e. The Morgan fingerprint density at radius 3 is 2.18 bits per heavy atom. The lowest BCUT2D eigenvalue weighted by Gasteiger charge is -2.23. The van der Waals surface area contributed by atoms with Gasteiger partial charge in [-0.25, -0.2) is 13.2 Å². The minimum absolute atomic E-state index is 0.0351. The molecule has 0 radical (unpaired) electrons. The molecule has 1 amide bonds. The van der Waals surface area contributed by atoms with E-state index in [9.17, 15) is 18.0 Å². The van der Waals surface area contributed by atoms with Gasteiger partial charge in [0.1, 0.15) is 17.5 Å². The Bertz CT molecular complexity index is 1040. The van der Waals surface area contributed by atoms with Crippen molar-refractivity contribution in [2.24, 2.45) is 0 Å². The van der Waals surface area contributed by atoms with Crippen LogP contribution in [0.2, 0.25) is 0 Å². The molecule has 0 aliphatic heterocycles. The van der Waals surface area contributed by atoms with E-state index in [4.69, 9.17) is 5.26 Å². The van der Waals surface area contributed by atoms with Gasteiger partial charge in [0.05, 0.1) is 17.2 Å². The van der Waals surface area contributed by atoms with E-state index in [1.165, 1.54) is 23.1 Å². The second-order valence-corrected chi connectivity index (χ2v) is 6.22. The summed E-state index contributed by atoms with van der Waals surface area (Å²) in [5.74, 6) is -2.84. The fraction of sp³-hybridized carbons (Fsp3) is 0.0909. The first kappa shape index (κ1) is 19.2. The molecule has 0 aromatic heterocycles. The number of halogens is 3. The molecule has 0 saturated heterocycles. The van der Waals surface area contributed by atoms with Crippen molar-refractivity contribution in [3.63, 3.8) is 0 Å².